The maximum absolute atomic E-state index is 14.2. The molecule has 2 aromatic rings. The highest BCUT2D eigenvalue weighted by molar-refractivity contribution is 9.08. The van der Waals surface area contributed by atoms with E-state index in [9.17, 15) is 8.78 Å². The number of para-hydroxylation sites is 1. The summed E-state index contributed by atoms with van der Waals surface area (Å²) in [5, 5.41) is 0.428. The average molecular weight is 340 g/mol. The maximum atomic E-state index is 14.2. The molecule has 0 aliphatic heterocycles. The van der Waals surface area contributed by atoms with E-state index in [4.69, 9.17) is 0 Å². The second-order valence-electron chi connectivity index (χ2n) is 4.57. The Morgan fingerprint density at radius 1 is 1.10 bits per heavy atom. The summed E-state index contributed by atoms with van der Waals surface area (Å²) in [5.74, 6) is -1.07. The molecule has 2 rings (SSSR count). The molecular formula is C16H16BrF2N. The van der Waals surface area contributed by atoms with Crippen LogP contribution in [0.3, 0.4) is 0 Å². The molecule has 0 saturated heterocycles. The summed E-state index contributed by atoms with van der Waals surface area (Å²) in [6, 6.07) is 10.3. The van der Waals surface area contributed by atoms with E-state index in [2.05, 4.69) is 15.9 Å². The first-order valence-corrected chi connectivity index (χ1v) is 7.57. The summed E-state index contributed by atoms with van der Waals surface area (Å²) in [6.45, 7) is 4.30. The number of benzene rings is 2. The fourth-order valence-corrected chi connectivity index (χ4v) is 2.59. The van der Waals surface area contributed by atoms with Gasteiger partial charge in [0, 0.05) is 17.6 Å². The van der Waals surface area contributed by atoms with E-state index in [0.717, 1.165) is 11.3 Å². The molecule has 4 heteroatoms. The van der Waals surface area contributed by atoms with Crippen LogP contribution in [0, 0.1) is 18.6 Å². The standard InChI is InChI=1S/C16H16BrF2N/c1-3-20(15-7-5-4-6-11(15)2)16-13(18)8-12(10-17)9-14(16)19/h4-9H,3,10H2,1-2H3. The number of halogens is 3. The van der Waals surface area contributed by atoms with E-state index in [-0.39, 0.29) is 5.69 Å². The zero-order valence-electron chi connectivity index (χ0n) is 11.5. The number of hydrogen-bond donors (Lipinski definition) is 0. The van der Waals surface area contributed by atoms with Crippen molar-refractivity contribution in [1.82, 2.24) is 0 Å². The van der Waals surface area contributed by atoms with Gasteiger partial charge in [0.05, 0.1) is 0 Å². The molecule has 0 saturated carbocycles. The zero-order chi connectivity index (χ0) is 14.7. The van der Waals surface area contributed by atoms with Crippen molar-refractivity contribution < 1.29 is 8.78 Å². The molecule has 1 nitrogen and oxygen atoms in total. The van der Waals surface area contributed by atoms with Crippen LogP contribution in [0.15, 0.2) is 36.4 Å². The molecule has 0 atom stereocenters. The Labute approximate surface area is 126 Å². The maximum Gasteiger partial charge on any atom is 0.150 e. The van der Waals surface area contributed by atoms with Crippen LogP contribution >= 0.6 is 15.9 Å². The van der Waals surface area contributed by atoms with E-state index < -0.39 is 11.6 Å². The van der Waals surface area contributed by atoms with Crippen molar-refractivity contribution in [2.24, 2.45) is 0 Å². The highest BCUT2D eigenvalue weighted by Crippen LogP contribution is 2.33. The molecule has 0 aliphatic rings. The lowest BCUT2D eigenvalue weighted by Crippen LogP contribution is -2.20. The number of hydrogen-bond acceptors (Lipinski definition) is 1. The Morgan fingerprint density at radius 2 is 1.70 bits per heavy atom. The van der Waals surface area contributed by atoms with E-state index in [0.29, 0.717) is 17.4 Å². The lowest BCUT2D eigenvalue weighted by Gasteiger charge is -2.26. The third-order valence-electron chi connectivity index (χ3n) is 3.22. The molecular weight excluding hydrogens is 324 g/mol. The van der Waals surface area contributed by atoms with Crippen molar-refractivity contribution in [1.29, 1.82) is 0 Å². The van der Waals surface area contributed by atoms with Gasteiger partial charge in [0.1, 0.15) is 17.3 Å². The van der Waals surface area contributed by atoms with Gasteiger partial charge in [0.15, 0.2) is 0 Å². The summed E-state index contributed by atoms with van der Waals surface area (Å²) in [5.41, 5.74) is 2.40. The average Bonchev–Trinajstić information content (AvgIpc) is 2.43. The van der Waals surface area contributed by atoms with Crippen molar-refractivity contribution in [3.05, 3.63) is 59.2 Å². The highest BCUT2D eigenvalue weighted by Gasteiger charge is 2.19. The van der Waals surface area contributed by atoms with Gasteiger partial charge in [-0.3, -0.25) is 0 Å². The van der Waals surface area contributed by atoms with Crippen LogP contribution in [0.25, 0.3) is 0 Å². The number of nitrogens with zero attached hydrogens (tertiary/aromatic N) is 1. The minimum Gasteiger partial charge on any atom is -0.337 e. The van der Waals surface area contributed by atoms with Gasteiger partial charge in [-0.15, -0.1) is 0 Å². The van der Waals surface area contributed by atoms with Crippen LogP contribution in [0.4, 0.5) is 20.2 Å². The van der Waals surface area contributed by atoms with Crippen molar-refractivity contribution in [3.8, 4) is 0 Å². The molecule has 0 unspecified atom stereocenters. The third kappa shape index (κ3) is 2.85. The summed E-state index contributed by atoms with van der Waals surface area (Å²) < 4.78 is 28.5. The van der Waals surface area contributed by atoms with Gasteiger partial charge in [-0.1, -0.05) is 34.1 Å². The van der Waals surface area contributed by atoms with Gasteiger partial charge in [-0.2, -0.15) is 0 Å². The first-order valence-electron chi connectivity index (χ1n) is 6.45. The first-order chi connectivity index (χ1) is 9.58. The van der Waals surface area contributed by atoms with Gasteiger partial charge in [-0.05, 0) is 43.2 Å². The second-order valence-corrected chi connectivity index (χ2v) is 5.13. The molecule has 0 spiro atoms. The largest absolute Gasteiger partial charge is 0.337 e. The lowest BCUT2D eigenvalue weighted by atomic mass is 10.1. The van der Waals surface area contributed by atoms with Crippen LogP contribution in [-0.4, -0.2) is 6.54 Å². The molecule has 0 radical (unpaired) electrons. The van der Waals surface area contributed by atoms with Crippen molar-refractivity contribution in [2.45, 2.75) is 19.2 Å². The van der Waals surface area contributed by atoms with Gasteiger partial charge in [-0.25, -0.2) is 8.78 Å². The zero-order valence-corrected chi connectivity index (χ0v) is 13.0. The normalized spacial score (nSPS) is 10.7. The van der Waals surface area contributed by atoms with Crippen LogP contribution in [0.5, 0.6) is 0 Å². The molecule has 0 bridgehead atoms. The number of alkyl halides is 1. The summed E-state index contributed by atoms with van der Waals surface area (Å²) in [6.07, 6.45) is 0. The van der Waals surface area contributed by atoms with Crippen LogP contribution in [-0.2, 0) is 5.33 Å². The second kappa shape index (κ2) is 6.35. The Balaban J connectivity index is 2.56. The van der Waals surface area contributed by atoms with Gasteiger partial charge >= 0.3 is 0 Å². The molecule has 0 aliphatic carbocycles. The quantitative estimate of drug-likeness (QED) is 0.681. The fourth-order valence-electron chi connectivity index (χ4n) is 2.27. The van der Waals surface area contributed by atoms with Gasteiger partial charge < -0.3 is 4.90 Å². The lowest BCUT2D eigenvalue weighted by molar-refractivity contribution is 0.579. The number of anilines is 2. The van der Waals surface area contributed by atoms with Crippen molar-refractivity contribution in [3.63, 3.8) is 0 Å². The molecule has 2 aromatic carbocycles. The van der Waals surface area contributed by atoms with E-state index in [1.807, 2.05) is 38.1 Å². The van der Waals surface area contributed by atoms with Gasteiger partial charge in [0.2, 0.25) is 0 Å². The van der Waals surface area contributed by atoms with Gasteiger partial charge in [0.25, 0.3) is 0 Å². The van der Waals surface area contributed by atoms with Crippen molar-refractivity contribution >= 4 is 27.3 Å². The minimum atomic E-state index is -0.537. The van der Waals surface area contributed by atoms with Crippen LogP contribution < -0.4 is 4.90 Å². The summed E-state index contributed by atoms with van der Waals surface area (Å²) in [4.78, 5) is 1.66. The summed E-state index contributed by atoms with van der Waals surface area (Å²) in [7, 11) is 0. The first kappa shape index (κ1) is 15.0. The molecule has 0 heterocycles. The number of rotatable bonds is 4. The van der Waals surface area contributed by atoms with Crippen molar-refractivity contribution in [2.75, 3.05) is 11.4 Å². The molecule has 106 valence electrons. The Kier molecular flexibility index (Phi) is 4.76. The van der Waals surface area contributed by atoms with E-state index >= 15 is 0 Å². The monoisotopic (exact) mass is 339 g/mol. The third-order valence-corrected chi connectivity index (χ3v) is 3.87. The predicted octanol–water partition coefficient (Wildman–Crippen LogP) is 5.33. The Hall–Kier alpha value is -1.42. The van der Waals surface area contributed by atoms with E-state index in [1.54, 1.807) is 4.90 Å². The molecule has 0 amide bonds. The minimum absolute atomic E-state index is 0.00602. The summed E-state index contributed by atoms with van der Waals surface area (Å²) >= 11 is 3.21. The Morgan fingerprint density at radius 3 is 2.20 bits per heavy atom. The molecule has 0 fully saturated rings. The predicted molar refractivity (Wildman–Crippen MR) is 82.8 cm³/mol. The topological polar surface area (TPSA) is 3.24 Å². The highest BCUT2D eigenvalue weighted by atomic mass is 79.9. The molecule has 0 N–H and O–H groups in total. The fraction of sp³-hybridized carbons (Fsp3) is 0.250. The Bertz CT molecular complexity index is 590. The smallest absolute Gasteiger partial charge is 0.150 e. The molecule has 20 heavy (non-hydrogen) atoms. The van der Waals surface area contributed by atoms with Crippen LogP contribution in [0.2, 0.25) is 0 Å². The SMILES string of the molecule is CCN(c1ccccc1C)c1c(F)cc(CBr)cc1F. The number of aryl methyl sites for hydroxylation is 1. The molecule has 0 aromatic heterocycles. The van der Waals surface area contributed by atoms with E-state index in [1.165, 1.54) is 12.1 Å². The van der Waals surface area contributed by atoms with Crippen LogP contribution in [0.1, 0.15) is 18.1 Å².